The van der Waals surface area contributed by atoms with E-state index in [-0.39, 0.29) is 5.91 Å². The van der Waals surface area contributed by atoms with E-state index in [9.17, 15) is 4.79 Å². The number of benzene rings is 3. The summed E-state index contributed by atoms with van der Waals surface area (Å²) < 4.78 is 1.09. The Bertz CT molecular complexity index is 836. The first-order valence-corrected chi connectivity index (χ1v) is 7.89. The molecule has 0 unspecified atom stereocenters. The van der Waals surface area contributed by atoms with E-state index in [4.69, 9.17) is 0 Å². The predicted octanol–water partition coefficient (Wildman–Crippen LogP) is 4.21. The van der Waals surface area contributed by atoms with Crippen molar-refractivity contribution in [3.05, 3.63) is 81.4 Å². The Kier molecular flexibility index (Phi) is 4.48. The number of carbonyl (C=O) groups is 1. The summed E-state index contributed by atoms with van der Waals surface area (Å²) in [5, 5.41) is 6.32. The Morgan fingerprint density at radius 2 is 1.68 bits per heavy atom. The third-order valence-electron chi connectivity index (χ3n) is 3.30. The summed E-state index contributed by atoms with van der Waals surface area (Å²) in [6.07, 6.45) is 1.67. The molecule has 0 aliphatic heterocycles. The summed E-state index contributed by atoms with van der Waals surface area (Å²) in [7, 11) is 0. The molecule has 0 bridgehead atoms. The standard InChI is InChI=1S/C18H13IN2O/c19-16-10-8-14(9-11-16)18(22)21-20-12-15-6-3-5-13-4-1-2-7-17(13)15/h1-12H,(H,21,22)/b20-12-. The molecule has 1 amide bonds. The molecule has 0 spiro atoms. The molecule has 0 saturated carbocycles. The zero-order chi connectivity index (χ0) is 15.4. The van der Waals surface area contributed by atoms with Crippen LogP contribution in [0, 0.1) is 3.57 Å². The number of hydrogen-bond donors (Lipinski definition) is 1. The highest BCUT2D eigenvalue weighted by Gasteiger charge is 2.03. The van der Waals surface area contributed by atoms with Crippen molar-refractivity contribution in [1.29, 1.82) is 0 Å². The number of carbonyl (C=O) groups excluding carboxylic acids is 1. The topological polar surface area (TPSA) is 41.5 Å². The minimum absolute atomic E-state index is 0.215. The van der Waals surface area contributed by atoms with Crippen LogP contribution >= 0.6 is 22.6 Å². The fourth-order valence-corrected chi connectivity index (χ4v) is 2.55. The molecule has 3 nitrogen and oxygen atoms in total. The molecule has 0 radical (unpaired) electrons. The van der Waals surface area contributed by atoms with Gasteiger partial charge in [-0.1, -0.05) is 42.5 Å². The van der Waals surface area contributed by atoms with Gasteiger partial charge in [0.25, 0.3) is 5.91 Å². The average Bonchev–Trinajstić information content (AvgIpc) is 2.55. The van der Waals surface area contributed by atoms with Gasteiger partial charge in [0.2, 0.25) is 0 Å². The molecule has 3 aromatic rings. The van der Waals surface area contributed by atoms with Crippen LogP contribution in [0.25, 0.3) is 10.8 Å². The molecule has 1 N–H and O–H groups in total. The fourth-order valence-electron chi connectivity index (χ4n) is 2.19. The van der Waals surface area contributed by atoms with Crippen molar-refractivity contribution >= 4 is 45.5 Å². The van der Waals surface area contributed by atoms with Crippen LogP contribution in [-0.2, 0) is 0 Å². The summed E-state index contributed by atoms with van der Waals surface area (Å²) in [6.45, 7) is 0. The lowest BCUT2D eigenvalue weighted by molar-refractivity contribution is 0.0955. The highest BCUT2D eigenvalue weighted by Crippen LogP contribution is 2.16. The van der Waals surface area contributed by atoms with Gasteiger partial charge in [-0.15, -0.1) is 0 Å². The van der Waals surface area contributed by atoms with Crippen LogP contribution in [0.2, 0.25) is 0 Å². The molecule has 22 heavy (non-hydrogen) atoms. The summed E-state index contributed by atoms with van der Waals surface area (Å²) in [5.41, 5.74) is 4.13. The van der Waals surface area contributed by atoms with Gasteiger partial charge in [-0.2, -0.15) is 5.10 Å². The third kappa shape index (κ3) is 3.33. The van der Waals surface area contributed by atoms with Gasteiger partial charge in [-0.05, 0) is 57.6 Å². The summed E-state index contributed by atoms with van der Waals surface area (Å²) in [5.74, 6) is -0.215. The molecule has 0 aliphatic rings. The lowest BCUT2D eigenvalue weighted by Crippen LogP contribution is -2.17. The predicted molar refractivity (Wildman–Crippen MR) is 98.2 cm³/mol. The maximum Gasteiger partial charge on any atom is 0.271 e. The minimum atomic E-state index is -0.215. The van der Waals surface area contributed by atoms with E-state index in [2.05, 4.69) is 45.3 Å². The number of hydrogen-bond acceptors (Lipinski definition) is 2. The summed E-state index contributed by atoms with van der Waals surface area (Å²) >= 11 is 2.20. The fraction of sp³-hybridized carbons (Fsp3) is 0. The van der Waals surface area contributed by atoms with Gasteiger partial charge in [0.15, 0.2) is 0 Å². The van der Waals surface area contributed by atoms with Crippen molar-refractivity contribution < 1.29 is 4.79 Å². The number of amides is 1. The highest BCUT2D eigenvalue weighted by atomic mass is 127. The second-order valence-electron chi connectivity index (χ2n) is 4.77. The lowest BCUT2D eigenvalue weighted by atomic mass is 10.1. The molecule has 0 aliphatic carbocycles. The Morgan fingerprint density at radius 3 is 2.50 bits per heavy atom. The van der Waals surface area contributed by atoms with E-state index in [0.717, 1.165) is 19.9 Å². The maximum absolute atomic E-state index is 12.0. The first kappa shape index (κ1) is 14.7. The van der Waals surface area contributed by atoms with E-state index in [1.807, 2.05) is 42.5 Å². The number of hydrazone groups is 1. The van der Waals surface area contributed by atoms with Crippen molar-refractivity contribution in [2.24, 2.45) is 5.10 Å². The number of nitrogens with one attached hydrogen (secondary N) is 1. The first-order chi connectivity index (χ1) is 10.7. The molecular formula is C18H13IN2O. The van der Waals surface area contributed by atoms with Crippen LogP contribution in [0.15, 0.2) is 71.8 Å². The largest absolute Gasteiger partial charge is 0.271 e. The molecule has 0 aromatic heterocycles. The number of halogens is 1. The zero-order valence-electron chi connectivity index (χ0n) is 11.7. The smallest absolute Gasteiger partial charge is 0.267 e. The normalized spacial score (nSPS) is 11.0. The van der Waals surface area contributed by atoms with Gasteiger partial charge in [-0.25, -0.2) is 5.43 Å². The summed E-state index contributed by atoms with van der Waals surface area (Å²) in [6, 6.07) is 21.4. The first-order valence-electron chi connectivity index (χ1n) is 6.81. The number of nitrogens with zero attached hydrogens (tertiary/aromatic N) is 1. The quantitative estimate of drug-likeness (QED) is 0.400. The van der Waals surface area contributed by atoms with E-state index in [1.165, 1.54) is 0 Å². The second kappa shape index (κ2) is 6.70. The number of fused-ring (bicyclic) bond motifs is 1. The van der Waals surface area contributed by atoms with Crippen LogP contribution in [0.3, 0.4) is 0 Å². The van der Waals surface area contributed by atoms with Gasteiger partial charge in [0, 0.05) is 14.7 Å². The molecule has 3 rings (SSSR count). The molecule has 0 fully saturated rings. The zero-order valence-corrected chi connectivity index (χ0v) is 13.8. The third-order valence-corrected chi connectivity index (χ3v) is 4.02. The SMILES string of the molecule is O=C(N/N=C\c1cccc2ccccc12)c1ccc(I)cc1. The van der Waals surface area contributed by atoms with E-state index >= 15 is 0 Å². The Balaban J connectivity index is 1.76. The monoisotopic (exact) mass is 400 g/mol. The van der Waals surface area contributed by atoms with Crippen LogP contribution < -0.4 is 5.43 Å². The average molecular weight is 400 g/mol. The van der Waals surface area contributed by atoms with Gasteiger partial charge in [0.1, 0.15) is 0 Å². The van der Waals surface area contributed by atoms with Crippen molar-refractivity contribution in [2.45, 2.75) is 0 Å². The highest BCUT2D eigenvalue weighted by molar-refractivity contribution is 14.1. The second-order valence-corrected chi connectivity index (χ2v) is 6.02. The molecular weight excluding hydrogens is 387 g/mol. The Hall–Kier alpha value is -2.21. The van der Waals surface area contributed by atoms with Crippen molar-refractivity contribution in [3.8, 4) is 0 Å². The van der Waals surface area contributed by atoms with Crippen molar-refractivity contribution in [2.75, 3.05) is 0 Å². The molecule has 108 valence electrons. The minimum Gasteiger partial charge on any atom is -0.267 e. The van der Waals surface area contributed by atoms with Gasteiger partial charge in [0.05, 0.1) is 6.21 Å². The Morgan fingerprint density at radius 1 is 0.955 bits per heavy atom. The molecule has 4 heteroatoms. The summed E-state index contributed by atoms with van der Waals surface area (Å²) in [4.78, 5) is 12.0. The van der Waals surface area contributed by atoms with E-state index in [0.29, 0.717) is 5.56 Å². The van der Waals surface area contributed by atoms with Crippen molar-refractivity contribution in [1.82, 2.24) is 5.43 Å². The Labute approximate surface area is 142 Å². The number of rotatable bonds is 3. The van der Waals surface area contributed by atoms with Crippen LogP contribution in [-0.4, -0.2) is 12.1 Å². The van der Waals surface area contributed by atoms with Gasteiger partial charge in [-0.3, -0.25) is 4.79 Å². The van der Waals surface area contributed by atoms with Gasteiger partial charge < -0.3 is 0 Å². The van der Waals surface area contributed by atoms with Crippen LogP contribution in [0.1, 0.15) is 15.9 Å². The molecule has 0 heterocycles. The van der Waals surface area contributed by atoms with E-state index < -0.39 is 0 Å². The van der Waals surface area contributed by atoms with Crippen LogP contribution in [0.5, 0.6) is 0 Å². The maximum atomic E-state index is 12.0. The molecule has 0 saturated heterocycles. The van der Waals surface area contributed by atoms with Gasteiger partial charge >= 0.3 is 0 Å². The van der Waals surface area contributed by atoms with Crippen molar-refractivity contribution in [3.63, 3.8) is 0 Å². The van der Waals surface area contributed by atoms with E-state index in [1.54, 1.807) is 18.3 Å². The molecule has 3 aromatic carbocycles. The van der Waals surface area contributed by atoms with Crippen LogP contribution in [0.4, 0.5) is 0 Å². The molecule has 0 atom stereocenters. The lowest BCUT2D eigenvalue weighted by Gasteiger charge is -2.02.